The number of phenols is 1. The molecule has 4 N–H and O–H groups in total. The molecule has 1 atom stereocenters. The summed E-state index contributed by atoms with van der Waals surface area (Å²) in [5.41, 5.74) is 4.26. The van der Waals surface area contributed by atoms with Crippen LogP contribution in [0.1, 0.15) is 28.9 Å². The largest absolute Gasteiger partial charge is 0.508 e. The van der Waals surface area contributed by atoms with Gasteiger partial charge in [0.25, 0.3) is 0 Å². The zero-order valence-corrected chi connectivity index (χ0v) is 23.1. The van der Waals surface area contributed by atoms with E-state index < -0.39 is 24.3 Å². The van der Waals surface area contributed by atoms with E-state index in [9.17, 15) is 31.4 Å². The van der Waals surface area contributed by atoms with Crippen LogP contribution in [0, 0.1) is 0 Å². The molecule has 18 heteroatoms. The van der Waals surface area contributed by atoms with E-state index in [1.54, 1.807) is 12.4 Å². The Hall–Kier alpha value is -4.45. The number of benzene rings is 1. The fourth-order valence-corrected chi connectivity index (χ4v) is 4.52. The number of alkyl halides is 6. The van der Waals surface area contributed by atoms with Gasteiger partial charge in [0.15, 0.2) is 0 Å². The number of carboxylic acids is 2. The summed E-state index contributed by atoms with van der Waals surface area (Å²) in [5.74, 6) is -4.56. The highest BCUT2D eigenvalue weighted by Gasteiger charge is 2.45. The first-order chi connectivity index (χ1) is 20.5. The van der Waals surface area contributed by atoms with E-state index in [1.807, 2.05) is 36.1 Å². The maximum atomic E-state index is 10.6. The van der Waals surface area contributed by atoms with E-state index in [4.69, 9.17) is 29.5 Å². The van der Waals surface area contributed by atoms with Crippen LogP contribution in [-0.4, -0.2) is 83.7 Å². The van der Waals surface area contributed by atoms with Gasteiger partial charge in [0.2, 0.25) is 5.95 Å². The number of fused-ring (bicyclic) bond motifs is 2. The Morgan fingerprint density at radius 3 is 2.32 bits per heavy atom. The van der Waals surface area contributed by atoms with Gasteiger partial charge < -0.3 is 29.9 Å². The molecule has 0 radical (unpaired) electrons. The van der Waals surface area contributed by atoms with Crippen molar-refractivity contribution in [1.29, 1.82) is 0 Å². The van der Waals surface area contributed by atoms with Crippen LogP contribution in [0.4, 0.5) is 32.3 Å². The molecule has 2 aromatic heterocycles. The van der Waals surface area contributed by atoms with Crippen LogP contribution in [0.2, 0.25) is 0 Å². The summed E-state index contributed by atoms with van der Waals surface area (Å²) in [6.45, 7) is 4.53. The van der Waals surface area contributed by atoms with Gasteiger partial charge >= 0.3 is 24.3 Å². The summed E-state index contributed by atoms with van der Waals surface area (Å²) in [7, 11) is 1.98. The van der Waals surface area contributed by atoms with E-state index in [2.05, 4.69) is 26.3 Å². The molecule has 44 heavy (non-hydrogen) atoms. The van der Waals surface area contributed by atoms with Gasteiger partial charge in [0.05, 0.1) is 42.9 Å². The first-order valence-corrected chi connectivity index (χ1v) is 12.7. The molecule has 1 spiro atoms. The minimum Gasteiger partial charge on any atom is -0.508 e. The van der Waals surface area contributed by atoms with Gasteiger partial charge in [-0.25, -0.2) is 24.5 Å². The van der Waals surface area contributed by atoms with Crippen molar-refractivity contribution in [2.45, 2.75) is 43.9 Å². The highest BCUT2D eigenvalue weighted by atomic mass is 19.4. The van der Waals surface area contributed by atoms with Crippen LogP contribution in [0.15, 0.2) is 43.0 Å². The lowest BCUT2D eigenvalue weighted by molar-refractivity contribution is -0.193. The van der Waals surface area contributed by atoms with Crippen molar-refractivity contribution < 1.29 is 56.0 Å². The lowest BCUT2D eigenvalue weighted by atomic mass is 9.80. The lowest BCUT2D eigenvalue weighted by Crippen LogP contribution is -2.40. The highest BCUT2D eigenvalue weighted by Crippen LogP contribution is 2.39. The maximum Gasteiger partial charge on any atom is 0.490 e. The smallest absolute Gasteiger partial charge is 0.490 e. The number of rotatable bonds is 5. The molecule has 2 aliphatic rings. The SMILES string of the molecule is Cn1cncc1CNc1ncc2c(n1)C1(CCN(Cc3cccc(O)c3)C1)COC2.O=C(O)C(F)(F)F.O=C(O)C(F)(F)F. The number of nitrogens with one attached hydrogen (secondary N) is 1. The number of halogens is 6. The van der Waals surface area contributed by atoms with E-state index in [0.29, 0.717) is 31.5 Å². The second-order valence-electron chi connectivity index (χ2n) is 9.93. The molecule has 240 valence electrons. The van der Waals surface area contributed by atoms with Crippen molar-refractivity contribution in [3.8, 4) is 5.75 Å². The Labute approximate surface area is 245 Å². The molecular weight excluding hydrogens is 606 g/mol. The summed E-state index contributed by atoms with van der Waals surface area (Å²) < 4.78 is 71.4. The summed E-state index contributed by atoms with van der Waals surface area (Å²) >= 11 is 0. The van der Waals surface area contributed by atoms with Gasteiger partial charge in [0, 0.05) is 38.1 Å². The fourth-order valence-electron chi connectivity index (χ4n) is 4.52. The van der Waals surface area contributed by atoms with E-state index in [-0.39, 0.29) is 5.41 Å². The third-order valence-electron chi connectivity index (χ3n) is 6.58. The summed E-state index contributed by atoms with van der Waals surface area (Å²) in [6.07, 6.45) is -3.64. The standard InChI is InChI=1S/C22H26N6O2.2C2HF3O2/c1-27-15-23-9-18(27)10-25-21-24-8-17-12-30-14-22(20(17)26-21)5-6-28(13-22)11-16-3-2-4-19(29)7-16;2*3-2(4,5)1(6)7/h2-4,7-9,15,29H,5-6,10-14H2,1H3,(H,24,25,26);2*(H,6,7). The van der Waals surface area contributed by atoms with Crippen molar-refractivity contribution in [1.82, 2.24) is 24.4 Å². The molecule has 5 rings (SSSR count). The summed E-state index contributed by atoms with van der Waals surface area (Å²) in [5, 5.41) is 27.3. The first kappa shape index (κ1) is 34.0. The van der Waals surface area contributed by atoms with Crippen LogP contribution in [0.25, 0.3) is 0 Å². The normalized spacial score (nSPS) is 18.0. The number of carboxylic acid groups (broad SMARTS) is 2. The highest BCUT2D eigenvalue weighted by molar-refractivity contribution is 5.73. The Morgan fingerprint density at radius 1 is 1.09 bits per heavy atom. The van der Waals surface area contributed by atoms with Crippen molar-refractivity contribution in [2.75, 3.05) is 25.0 Å². The Kier molecular flexibility index (Phi) is 10.7. The fraction of sp³-hybridized carbons (Fsp3) is 0.423. The predicted molar refractivity (Wildman–Crippen MR) is 139 cm³/mol. The molecule has 0 bridgehead atoms. The van der Waals surface area contributed by atoms with Crippen LogP contribution in [0.3, 0.4) is 0 Å². The van der Waals surface area contributed by atoms with E-state index in [0.717, 1.165) is 48.6 Å². The number of aromatic nitrogens is 4. The molecule has 0 amide bonds. The molecule has 4 heterocycles. The van der Waals surface area contributed by atoms with Gasteiger partial charge in [-0.3, -0.25) is 4.90 Å². The van der Waals surface area contributed by atoms with Crippen molar-refractivity contribution >= 4 is 17.9 Å². The van der Waals surface area contributed by atoms with Gasteiger partial charge in [-0.05, 0) is 30.7 Å². The summed E-state index contributed by atoms with van der Waals surface area (Å²) in [6, 6.07) is 7.48. The number of ether oxygens (including phenoxy) is 1. The number of hydrogen-bond acceptors (Lipinski definition) is 9. The number of hydrogen-bond donors (Lipinski definition) is 4. The third kappa shape index (κ3) is 9.27. The zero-order valence-electron chi connectivity index (χ0n) is 23.1. The van der Waals surface area contributed by atoms with Gasteiger partial charge in [-0.15, -0.1) is 0 Å². The number of aliphatic carboxylic acids is 2. The summed E-state index contributed by atoms with van der Waals surface area (Å²) in [4.78, 5) is 33.8. The molecule has 0 aliphatic carbocycles. The van der Waals surface area contributed by atoms with Gasteiger partial charge in [-0.1, -0.05) is 12.1 Å². The average Bonchev–Trinajstić information content (AvgIpc) is 3.53. The average molecular weight is 635 g/mol. The lowest BCUT2D eigenvalue weighted by Gasteiger charge is -2.34. The monoisotopic (exact) mass is 634 g/mol. The van der Waals surface area contributed by atoms with Crippen molar-refractivity contribution in [2.24, 2.45) is 7.05 Å². The molecule has 12 nitrogen and oxygen atoms in total. The number of nitrogens with zero attached hydrogens (tertiary/aromatic N) is 5. The molecule has 1 aromatic carbocycles. The number of anilines is 1. The molecule has 0 saturated carbocycles. The first-order valence-electron chi connectivity index (χ1n) is 12.7. The topological polar surface area (TPSA) is 163 Å². The van der Waals surface area contributed by atoms with Crippen molar-refractivity contribution in [3.05, 3.63) is 65.5 Å². The molecule has 1 saturated heterocycles. The number of aromatic hydroxyl groups is 1. The van der Waals surface area contributed by atoms with Crippen LogP contribution in [-0.2, 0) is 46.5 Å². The zero-order chi connectivity index (χ0) is 32.7. The Morgan fingerprint density at radius 2 is 1.75 bits per heavy atom. The predicted octanol–water partition coefficient (Wildman–Crippen LogP) is 3.47. The van der Waals surface area contributed by atoms with Gasteiger partial charge in [0.1, 0.15) is 5.75 Å². The van der Waals surface area contributed by atoms with Crippen LogP contribution < -0.4 is 5.32 Å². The maximum absolute atomic E-state index is 10.6. The Balaban J connectivity index is 0.000000317. The number of likely N-dealkylation sites (tertiary alicyclic amines) is 1. The Bertz CT molecular complexity index is 1430. The second-order valence-corrected chi connectivity index (χ2v) is 9.93. The molecule has 2 aliphatic heterocycles. The molecule has 1 fully saturated rings. The second kappa shape index (κ2) is 13.9. The van der Waals surface area contributed by atoms with E-state index >= 15 is 0 Å². The minimum absolute atomic E-state index is 0.115. The number of aryl methyl sites for hydroxylation is 1. The number of imidazole rings is 1. The molecule has 3 aromatic rings. The van der Waals surface area contributed by atoms with E-state index in [1.165, 1.54) is 0 Å². The minimum atomic E-state index is -5.08. The van der Waals surface area contributed by atoms with Gasteiger partial charge in [-0.2, -0.15) is 26.3 Å². The number of carbonyl (C=O) groups is 2. The van der Waals surface area contributed by atoms with Crippen LogP contribution >= 0.6 is 0 Å². The number of phenolic OH excluding ortho intramolecular Hbond substituents is 1. The quantitative estimate of drug-likeness (QED) is 0.304. The third-order valence-corrected chi connectivity index (χ3v) is 6.58. The van der Waals surface area contributed by atoms with Crippen molar-refractivity contribution in [3.63, 3.8) is 0 Å². The van der Waals surface area contributed by atoms with Crippen LogP contribution in [0.5, 0.6) is 5.75 Å². The molecular formula is C26H28F6N6O6. The molecule has 1 unspecified atom stereocenters.